The van der Waals surface area contributed by atoms with E-state index in [-0.39, 0.29) is 6.61 Å². The molecule has 0 aromatic carbocycles. The average Bonchev–Trinajstić information content (AvgIpc) is 2.62. The molecular weight excluding hydrogens is 332 g/mol. The Kier molecular flexibility index (Phi) is 21.8. The highest BCUT2D eigenvalue weighted by Crippen LogP contribution is 2.12. The topological polar surface area (TPSA) is 65.0 Å². The van der Waals surface area contributed by atoms with Crippen molar-refractivity contribution < 1.29 is 24.1 Å². The molecule has 0 unspecified atom stereocenters. The van der Waals surface area contributed by atoms with E-state index in [4.69, 9.17) is 19.3 Å². The fourth-order valence-electron chi connectivity index (χ4n) is 2.82. The Hall–Kier alpha value is -0.650. The van der Waals surface area contributed by atoms with Gasteiger partial charge < -0.3 is 19.3 Å². The van der Waals surface area contributed by atoms with Gasteiger partial charge in [0.1, 0.15) is 6.61 Å². The molecule has 0 aliphatic carbocycles. The van der Waals surface area contributed by atoms with Crippen molar-refractivity contribution in [2.45, 2.75) is 90.4 Å². The summed E-state index contributed by atoms with van der Waals surface area (Å²) >= 11 is 0. The van der Waals surface area contributed by atoms with Crippen LogP contribution in [0.2, 0.25) is 0 Å². The van der Waals surface area contributed by atoms with E-state index >= 15 is 0 Å². The minimum atomic E-state index is -0.953. The van der Waals surface area contributed by atoms with Gasteiger partial charge in [-0.2, -0.15) is 0 Å². The average molecular weight is 375 g/mol. The van der Waals surface area contributed by atoms with Gasteiger partial charge in [-0.1, -0.05) is 84.0 Å². The zero-order valence-electron chi connectivity index (χ0n) is 17.0. The zero-order valence-corrected chi connectivity index (χ0v) is 17.0. The van der Waals surface area contributed by atoms with Crippen LogP contribution >= 0.6 is 0 Å². The molecule has 0 aliphatic rings. The van der Waals surface area contributed by atoms with Gasteiger partial charge in [0.2, 0.25) is 0 Å². The molecule has 0 atom stereocenters. The lowest BCUT2D eigenvalue weighted by Crippen LogP contribution is -2.13. The molecule has 0 rings (SSSR count). The second-order valence-electron chi connectivity index (χ2n) is 6.91. The lowest BCUT2D eigenvalue weighted by Gasteiger charge is -2.06. The monoisotopic (exact) mass is 374 g/mol. The molecule has 0 fully saturated rings. The summed E-state index contributed by atoms with van der Waals surface area (Å²) < 4.78 is 15.7. The van der Waals surface area contributed by atoms with Crippen LogP contribution in [0.3, 0.4) is 0 Å². The summed E-state index contributed by atoms with van der Waals surface area (Å²) in [5.41, 5.74) is 0. The summed E-state index contributed by atoms with van der Waals surface area (Å²) in [5.74, 6) is -0.953. The number of aliphatic carboxylic acids is 1. The lowest BCUT2D eigenvalue weighted by atomic mass is 10.0. The van der Waals surface area contributed by atoms with Crippen LogP contribution in [0.15, 0.2) is 0 Å². The van der Waals surface area contributed by atoms with Gasteiger partial charge in [-0.3, -0.25) is 0 Å². The summed E-state index contributed by atoms with van der Waals surface area (Å²) in [7, 11) is 0. The fraction of sp³-hybridized carbons (Fsp3) is 0.952. The molecule has 0 aromatic heterocycles. The predicted molar refractivity (Wildman–Crippen MR) is 106 cm³/mol. The van der Waals surface area contributed by atoms with Gasteiger partial charge in [0.25, 0.3) is 0 Å². The van der Waals surface area contributed by atoms with Crippen molar-refractivity contribution >= 4 is 5.97 Å². The van der Waals surface area contributed by atoms with Gasteiger partial charge in [0, 0.05) is 6.61 Å². The second kappa shape index (κ2) is 22.4. The normalized spacial score (nSPS) is 11.1. The Morgan fingerprint density at radius 1 is 0.577 bits per heavy atom. The number of hydrogen-bond donors (Lipinski definition) is 1. The minimum absolute atomic E-state index is 0.265. The molecule has 26 heavy (non-hydrogen) atoms. The molecule has 1 N–H and O–H groups in total. The molecule has 0 amide bonds. The quantitative estimate of drug-likeness (QED) is 0.263. The molecule has 5 nitrogen and oxygen atoms in total. The maximum atomic E-state index is 10.2. The van der Waals surface area contributed by atoms with E-state index in [0.717, 1.165) is 13.0 Å². The summed E-state index contributed by atoms with van der Waals surface area (Å²) in [4.78, 5) is 10.2. The highest BCUT2D eigenvalue weighted by molar-refractivity contribution is 5.67. The molecule has 5 heteroatoms. The van der Waals surface area contributed by atoms with E-state index in [1.54, 1.807) is 0 Å². The number of carbonyl (C=O) groups is 1. The van der Waals surface area contributed by atoms with Gasteiger partial charge in [-0.05, 0) is 6.42 Å². The molecule has 0 heterocycles. The third-order valence-corrected chi connectivity index (χ3v) is 4.36. The van der Waals surface area contributed by atoms with Gasteiger partial charge >= 0.3 is 5.97 Å². The van der Waals surface area contributed by atoms with Crippen molar-refractivity contribution in [3.05, 3.63) is 0 Å². The highest BCUT2D eigenvalue weighted by atomic mass is 16.5. The van der Waals surface area contributed by atoms with E-state index in [9.17, 15) is 4.79 Å². The number of hydrogen-bond acceptors (Lipinski definition) is 4. The molecular formula is C21H42O5. The Bertz CT molecular complexity index is 284. The Morgan fingerprint density at radius 2 is 0.962 bits per heavy atom. The Balaban J connectivity index is 2.98. The van der Waals surface area contributed by atoms with Gasteiger partial charge in [0.15, 0.2) is 0 Å². The summed E-state index contributed by atoms with van der Waals surface area (Å²) in [6.45, 7) is 4.66. The number of unbranched alkanes of at least 4 members (excludes halogenated alkanes) is 12. The van der Waals surface area contributed by atoms with Crippen LogP contribution in [0, 0.1) is 0 Å². The second-order valence-corrected chi connectivity index (χ2v) is 6.91. The first-order valence-corrected chi connectivity index (χ1v) is 10.7. The minimum Gasteiger partial charge on any atom is -0.480 e. The summed E-state index contributed by atoms with van der Waals surface area (Å²) in [5, 5.41) is 8.39. The Labute approximate surface area is 160 Å². The lowest BCUT2D eigenvalue weighted by molar-refractivity contribution is -0.142. The first-order valence-electron chi connectivity index (χ1n) is 10.7. The summed E-state index contributed by atoms with van der Waals surface area (Å²) in [6.07, 6.45) is 17.7. The molecule has 0 spiro atoms. The van der Waals surface area contributed by atoms with Crippen LogP contribution in [-0.4, -0.2) is 50.7 Å². The molecule has 0 aromatic rings. The third-order valence-electron chi connectivity index (χ3n) is 4.36. The maximum Gasteiger partial charge on any atom is 0.329 e. The smallest absolute Gasteiger partial charge is 0.329 e. The van der Waals surface area contributed by atoms with Crippen molar-refractivity contribution in [3.8, 4) is 0 Å². The van der Waals surface area contributed by atoms with Crippen LogP contribution in [0.4, 0.5) is 0 Å². The van der Waals surface area contributed by atoms with E-state index < -0.39 is 5.97 Å². The maximum absolute atomic E-state index is 10.2. The van der Waals surface area contributed by atoms with Crippen molar-refractivity contribution in [1.82, 2.24) is 0 Å². The van der Waals surface area contributed by atoms with Crippen molar-refractivity contribution in [3.63, 3.8) is 0 Å². The standard InChI is InChI=1S/C21H42O5/c1-2-3-4-5-6-7-8-9-10-11-12-13-14-15-24-16-17-25-18-19-26-20-21(22)23/h2-20H2,1H3,(H,22,23). The van der Waals surface area contributed by atoms with Crippen molar-refractivity contribution in [2.24, 2.45) is 0 Å². The predicted octanol–water partition coefficient (Wildman–Crippen LogP) is 5.21. The molecule has 156 valence electrons. The zero-order chi connectivity index (χ0) is 19.1. The van der Waals surface area contributed by atoms with Crippen molar-refractivity contribution in [1.29, 1.82) is 0 Å². The van der Waals surface area contributed by atoms with Crippen LogP contribution in [0.25, 0.3) is 0 Å². The highest BCUT2D eigenvalue weighted by Gasteiger charge is 1.97. The van der Waals surface area contributed by atoms with Crippen molar-refractivity contribution in [2.75, 3.05) is 39.6 Å². The number of carboxylic acid groups (broad SMARTS) is 1. The number of carboxylic acids is 1. The first-order chi connectivity index (χ1) is 12.8. The molecule has 0 saturated carbocycles. The van der Waals surface area contributed by atoms with E-state index in [1.165, 1.54) is 77.0 Å². The number of rotatable bonds is 22. The largest absolute Gasteiger partial charge is 0.480 e. The molecule has 0 bridgehead atoms. The van der Waals surface area contributed by atoms with E-state index in [2.05, 4.69) is 6.92 Å². The Morgan fingerprint density at radius 3 is 1.42 bits per heavy atom. The van der Waals surface area contributed by atoms with E-state index in [1.807, 2.05) is 0 Å². The molecule has 0 radical (unpaired) electrons. The number of ether oxygens (including phenoxy) is 3. The van der Waals surface area contributed by atoms with Gasteiger partial charge in [-0.25, -0.2) is 4.79 Å². The molecule has 0 saturated heterocycles. The SMILES string of the molecule is CCCCCCCCCCCCCCCOCCOCCOCC(=O)O. The van der Waals surface area contributed by atoms with E-state index in [0.29, 0.717) is 26.4 Å². The van der Waals surface area contributed by atoms with Crippen LogP contribution in [0.1, 0.15) is 90.4 Å². The third kappa shape index (κ3) is 23.4. The summed E-state index contributed by atoms with van der Waals surface area (Å²) in [6, 6.07) is 0. The van der Waals surface area contributed by atoms with Crippen LogP contribution < -0.4 is 0 Å². The fourth-order valence-corrected chi connectivity index (χ4v) is 2.82. The van der Waals surface area contributed by atoms with Crippen LogP contribution in [0.5, 0.6) is 0 Å². The first kappa shape index (κ1) is 25.4. The molecule has 0 aliphatic heterocycles. The van der Waals surface area contributed by atoms with Gasteiger partial charge in [0.05, 0.1) is 26.4 Å². The van der Waals surface area contributed by atoms with Crippen LogP contribution in [-0.2, 0) is 19.0 Å². The van der Waals surface area contributed by atoms with Gasteiger partial charge in [-0.15, -0.1) is 0 Å².